The van der Waals surface area contributed by atoms with Gasteiger partial charge in [0.2, 0.25) is 5.91 Å². The van der Waals surface area contributed by atoms with Gasteiger partial charge in [-0.15, -0.1) is 0 Å². The average molecular weight is 323 g/mol. The number of hydrogen-bond acceptors (Lipinski definition) is 4. The zero-order valence-electron chi connectivity index (χ0n) is 13.2. The highest BCUT2D eigenvalue weighted by Gasteiger charge is 2.11. The number of nitrogens with one attached hydrogen (secondary N) is 2. The first-order valence-electron chi connectivity index (χ1n) is 7.55. The highest BCUT2D eigenvalue weighted by molar-refractivity contribution is 6.00. The SMILES string of the molecule is Cn1nccc1C(=O)NCCC(=O)Nc1cccc2cccnc12. The number of pyridine rings is 1. The second kappa shape index (κ2) is 6.91. The van der Waals surface area contributed by atoms with Crippen LogP contribution < -0.4 is 10.6 Å². The van der Waals surface area contributed by atoms with E-state index in [-0.39, 0.29) is 24.8 Å². The molecule has 0 aliphatic rings. The second-order valence-electron chi connectivity index (χ2n) is 5.27. The maximum atomic E-state index is 12.1. The summed E-state index contributed by atoms with van der Waals surface area (Å²) in [7, 11) is 1.69. The Balaban J connectivity index is 1.56. The van der Waals surface area contributed by atoms with E-state index in [4.69, 9.17) is 0 Å². The molecule has 0 aliphatic carbocycles. The molecule has 2 N–H and O–H groups in total. The maximum absolute atomic E-state index is 12.1. The number of amides is 2. The van der Waals surface area contributed by atoms with Crippen LogP contribution in [0, 0.1) is 0 Å². The number of para-hydroxylation sites is 1. The summed E-state index contributed by atoms with van der Waals surface area (Å²) in [5.41, 5.74) is 1.86. The second-order valence-corrected chi connectivity index (χ2v) is 5.27. The molecule has 0 saturated carbocycles. The summed E-state index contributed by atoms with van der Waals surface area (Å²) in [5.74, 6) is -0.437. The first-order valence-corrected chi connectivity index (χ1v) is 7.55. The lowest BCUT2D eigenvalue weighted by Crippen LogP contribution is -2.29. The molecule has 24 heavy (non-hydrogen) atoms. The van der Waals surface area contributed by atoms with Gasteiger partial charge >= 0.3 is 0 Å². The predicted molar refractivity (Wildman–Crippen MR) is 90.5 cm³/mol. The zero-order valence-corrected chi connectivity index (χ0v) is 13.2. The Bertz CT molecular complexity index is 882. The Hall–Kier alpha value is -3.22. The van der Waals surface area contributed by atoms with Gasteiger partial charge in [-0.05, 0) is 18.2 Å². The molecule has 2 heterocycles. The van der Waals surface area contributed by atoms with Crippen molar-refractivity contribution < 1.29 is 9.59 Å². The first kappa shape index (κ1) is 15.7. The fraction of sp³-hybridized carbons (Fsp3) is 0.176. The van der Waals surface area contributed by atoms with Crippen molar-refractivity contribution in [1.82, 2.24) is 20.1 Å². The molecular weight excluding hydrogens is 306 g/mol. The van der Waals surface area contributed by atoms with Crippen LogP contribution in [-0.2, 0) is 11.8 Å². The third kappa shape index (κ3) is 3.40. The van der Waals surface area contributed by atoms with Gasteiger partial charge in [-0.1, -0.05) is 18.2 Å². The molecule has 2 amide bonds. The summed E-state index contributed by atoms with van der Waals surface area (Å²) in [6, 6.07) is 11.0. The molecular formula is C17H17N5O2. The number of aryl methyl sites for hydroxylation is 1. The van der Waals surface area contributed by atoms with Gasteiger partial charge in [0.15, 0.2) is 0 Å². The van der Waals surface area contributed by atoms with Crippen LogP contribution in [0.1, 0.15) is 16.9 Å². The minimum Gasteiger partial charge on any atom is -0.350 e. The largest absolute Gasteiger partial charge is 0.350 e. The Kier molecular flexibility index (Phi) is 4.51. The number of hydrogen-bond donors (Lipinski definition) is 2. The van der Waals surface area contributed by atoms with E-state index in [1.54, 1.807) is 31.6 Å². The third-order valence-electron chi connectivity index (χ3n) is 3.60. The number of anilines is 1. The summed E-state index contributed by atoms with van der Waals surface area (Å²) in [4.78, 5) is 28.3. The van der Waals surface area contributed by atoms with E-state index in [9.17, 15) is 9.59 Å². The molecule has 0 fully saturated rings. The highest BCUT2D eigenvalue weighted by Crippen LogP contribution is 2.20. The van der Waals surface area contributed by atoms with Crippen LogP contribution in [0.4, 0.5) is 5.69 Å². The van der Waals surface area contributed by atoms with Crippen molar-refractivity contribution in [2.45, 2.75) is 6.42 Å². The summed E-state index contributed by atoms with van der Waals surface area (Å²) in [6.07, 6.45) is 3.41. The van der Waals surface area contributed by atoms with Gasteiger partial charge in [-0.25, -0.2) is 0 Å². The smallest absolute Gasteiger partial charge is 0.269 e. The lowest BCUT2D eigenvalue weighted by Gasteiger charge is -2.08. The van der Waals surface area contributed by atoms with Crippen molar-refractivity contribution in [2.75, 3.05) is 11.9 Å². The van der Waals surface area contributed by atoms with Gasteiger partial charge in [0.1, 0.15) is 5.69 Å². The molecule has 0 atom stereocenters. The van der Waals surface area contributed by atoms with Crippen LogP contribution in [0.5, 0.6) is 0 Å². The van der Waals surface area contributed by atoms with E-state index in [2.05, 4.69) is 20.7 Å². The standard InChI is InChI=1S/C17H17N5O2/c1-22-14(7-11-20-22)17(24)19-10-8-15(23)21-13-6-2-4-12-5-3-9-18-16(12)13/h2-7,9,11H,8,10H2,1H3,(H,19,24)(H,21,23). The van der Waals surface area contributed by atoms with Gasteiger partial charge in [0.05, 0.1) is 11.2 Å². The molecule has 1 aromatic carbocycles. The molecule has 0 radical (unpaired) electrons. The number of aromatic nitrogens is 3. The molecule has 122 valence electrons. The van der Waals surface area contributed by atoms with Crippen molar-refractivity contribution in [2.24, 2.45) is 7.05 Å². The maximum Gasteiger partial charge on any atom is 0.269 e. The van der Waals surface area contributed by atoms with Crippen LogP contribution in [-0.4, -0.2) is 33.1 Å². The summed E-state index contributed by atoms with van der Waals surface area (Å²) < 4.78 is 1.48. The van der Waals surface area contributed by atoms with E-state index < -0.39 is 0 Å². The predicted octanol–water partition coefficient (Wildman–Crippen LogP) is 1.73. The Morgan fingerprint density at radius 2 is 1.96 bits per heavy atom. The minimum absolute atomic E-state index is 0.173. The van der Waals surface area contributed by atoms with E-state index in [0.29, 0.717) is 11.4 Å². The molecule has 3 rings (SSSR count). The Morgan fingerprint density at radius 3 is 2.75 bits per heavy atom. The summed E-state index contributed by atoms with van der Waals surface area (Å²) in [5, 5.41) is 10.4. The average Bonchev–Trinajstić information content (AvgIpc) is 3.01. The molecule has 0 spiro atoms. The number of rotatable bonds is 5. The van der Waals surface area contributed by atoms with Crippen molar-refractivity contribution in [3.63, 3.8) is 0 Å². The number of carbonyl (C=O) groups excluding carboxylic acids is 2. The number of nitrogens with zero attached hydrogens (tertiary/aromatic N) is 3. The summed E-state index contributed by atoms with van der Waals surface area (Å²) >= 11 is 0. The van der Waals surface area contributed by atoms with Crippen LogP contribution >= 0.6 is 0 Å². The van der Waals surface area contributed by atoms with Gasteiger partial charge in [-0.3, -0.25) is 19.3 Å². The Labute approximate surface area is 138 Å². The monoisotopic (exact) mass is 323 g/mol. The molecule has 7 nitrogen and oxygen atoms in total. The first-order chi connectivity index (χ1) is 11.6. The van der Waals surface area contributed by atoms with E-state index >= 15 is 0 Å². The van der Waals surface area contributed by atoms with Gasteiger partial charge in [0, 0.05) is 37.8 Å². The van der Waals surface area contributed by atoms with Crippen molar-refractivity contribution in [3.05, 3.63) is 54.5 Å². The van der Waals surface area contributed by atoms with Gasteiger partial charge in [-0.2, -0.15) is 5.10 Å². The summed E-state index contributed by atoms with van der Waals surface area (Å²) in [6.45, 7) is 0.244. The van der Waals surface area contributed by atoms with Crippen LogP contribution in [0.15, 0.2) is 48.8 Å². The number of carbonyl (C=O) groups is 2. The fourth-order valence-corrected chi connectivity index (χ4v) is 2.39. The Morgan fingerprint density at radius 1 is 1.12 bits per heavy atom. The van der Waals surface area contributed by atoms with Crippen LogP contribution in [0.3, 0.4) is 0 Å². The van der Waals surface area contributed by atoms with E-state index in [1.807, 2.05) is 24.3 Å². The molecule has 2 aromatic heterocycles. The lowest BCUT2D eigenvalue weighted by atomic mass is 10.2. The zero-order chi connectivity index (χ0) is 16.9. The quantitative estimate of drug-likeness (QED) is 0.748. The number of fused-ring (bicyclic) bond motifs is 1. The fourth-order valence-electron chi connectivity index (χ4n) is 2.39. The lowest BCUT2D eigenvalue weighted by molar-refractivity contribution is -0.116. The van der Waals surface area contributed by atoms with Crippen LogP contribution in [0.25, 0.3) is 10.9 Å². The topological polar surface area (TPSA) is 88.9 Å². The third-order valence-corrected chi connectivity index (χ3v) is 3.60. The molecule has 0 bridgehead atoms. The minimum atomic E-state index is -0.255. The molecule has 3 aromatic rings. The molecule has 0 unspecified atom stereocenters. The number of benzene rings is 1. The van der Waals surface area contributed by atoms with Crippen molar-refractivity contribution in [3.8, 4) is 0 Å². The van der Waals surface area contributed by atoms with Crippen LogP contribution in [0.2, 0.25) is 0 Å². The van der Waals surface area contributed by atoms with Gasteiger partial charge in [0.25, 0.3) is 5.91 Å². The van der Waals surface area contributed by atoms with Crippen molar-refractivity contribution >= 4 is 28.4 Å². The van der Waals surface area contributed by atoms with Gasteiger partial charge < -0.3 is 10.6 Å². The van der Waals surface area contributed by atoms with Crippen molar-refractivity contribution in [1.29, 1.82) is 0 Å². The highest BCUT2D eigenvalue weighted by atomic mass is 16.2. The normalized spacial score (nSPS) is 10.5. The molecule has 0 saturated heterocycles. The molecule has 0 aliphatic heterocycles. The van der Waals surface area contributed by atoms with E-state index in [1.165, 1.54) is 4.68 Å². The van der Waals surface area contributed by atoms with E-state index in [0.717, 1.165) is 10.9 Å². The molecule has 7 heteroatoms.